The first-order valence-corrected chi connectivity index (χ1v) is 7.29. The molecule has 1 aromatic carbocycles. The van der Waals surface area contributed by atoms with E-state index in [-0.39, 0.29) is 23.7 Å². The van der Waals surface area contributed by atoms with Crippen LogP contribution in [0.25, 0.3) is 0 Å². The number of hydrogen-bond donors (Lipinski definition) is 1. The number of benzene rings is 1. The molecule has 0 radical (unpaired) electrons. The number of halogens is 1. The maximum atomic E-state index is 13.2. The lowest BCUT2D eigenvalue weighted by molar-refractivity contribution is -0.149. The normalized spacial score (nSPS) is 22.4. The summed E-state index contributed by atoms with van der Waals surface area (Å²) < 4.78 is 18.3. The van der Waals surface area contributed by atoms with Crippen molar-refractivity contribution in [3.63, 3.8) is 0 Å². The van der Waals surface area contributed by atoms with Gasteiger partial charge in [-0.2, -0.15) is 0 Å². The summed E-state index contributed by atoms with van der Waals surface area (Å²) in [6.45, 7) is 4.02. The largest absolute Gasteiger partial charge is 0.466 e. The van der Waals surface area contributed by atoms with Crippen LogP contribution in [0.15, 0.2) is 18.2 Å². The van der Waals surface area contributed by atoms with E-state index in [9.17, 15) is 9.18 Å². The van der Waals surface area contributed by atoms with E-state index in [0.29, 0.717) is 12.2 Å². The smallest absolute Gasteiger partial charge is 0.308 e. The Morgan fingerprint density at radius 1 is 1.45 bits per heavy atom. The van der Waals surface area contributed by atoms with Gasteiger partial charge in [0.05, 0.1) is 12.5 Å². The van der Waals surface area contributed by atoms with E-state index in [1.165, 1.54) is 6.07 Å². The fourth-order valence-electron chi connectivity index (χ4n) is 2.77. The van der Waals surface area contributed by atoms with E-state index >= 15 is 0 Å². The predicted molar refractivity (Wildman–Crippen MR) is 77.1 cm³/mol. The Balaban J connectivity index is 1.95. The average molecular weight is 279 g/mol. The van der Waals surface area contributed by atoms with Gasteiger partial charge in [0.2, 0.25) is 0 Å². The van der Waals surface area contributed by atoms with Gasteiger partial charge in [0.1, 0.15) is 5.82 Å². The second kappa shape index (κ2) is 6.73. The van der Waals surface area contributed by atoms with Gasteiger partial charge >= 0.3 is 5.97 Å². The fourth-order valence-corrected chi connectivity index (χ4v) is 2.77. The van der Waals surface area contributed by atoms with Gasteiger partial charge in [0.15, 0.2) is 0 Å². The molecule has 3 nitrogen and oxygen atoms in total. The molecule has 0 aromatic heterocycles. The Hall–Kier alpha value is -1.58. The van der Waals surface area contributed by atoms with Gasteiger partial charge in [-0.15, -0.1) is 0 Å². The van der Waals surface area contributed by atoms with Crippen molar-refractivity contribution in [3.05, 3.63) is 29.6 Å². The second-order valence-electron chi connectivity index (χ2n) is 5.42. The summed E-state index contributed by atoms with van der Waals surface area (Å²) in [5.41, 5.74) is 1.55. The van der Waals surface area contributed by atoms with Crippen molar-refractivity contribution in [1.82, 2.24) is 0 Å². The Labute approximate surface area is 119 Å². The minimum atomic E-state index is -0.191. The van der Waals surface area contributed by atoms with Crippen molar-refractivity contribution in [3.8, 4) is 0 Å². The lowest BCUT2D eigenvalue weighted by Crippen LogP contribution is -2.32. The number of carbonyl (C=O) groups excluding carboxylic acids is 1. The molecular weight excluding hydrogens is 257 g/mol. The molecule has 1 saturated carbocycles. The molecule has 1 aliphatic carbocycles. The maximum absolute atomic E-state index is 13.2. The highest BCUT2D eigenvalue weighted by atomic mass is 19.1. The number of anilines is 1. The summed E-state index contributed by atoms with van der Waals surface area (Å²) >= 11 is 0. The summed E-state index contributed by atoms with van der Waals surface area (Å²) in [6, 6.07) is 5.28. The Morgan fingerprint density at radius 3 is 2.95 bits per heavy atom. The molecule has 2 rings (SSSR count). The van der Waals surface area contributed by atoms with Crippen LogP contribution in [-0.4, -0.2) is 18.6 Å². The highest BCUT2D eigenvalue weighted by Gasteiger charge is 2.28. The molecule has 1 aromatic rings. The summed E-state index contributed by atoms with van der Waals surface area (Å²) in [5, 5.41) is 3.40. The lowest BCUT2D eigenvalue weighted by Gasteiger charge is -2.29. The number of rotatable bonds is 4. The zero-order valence-corrected chi connectivity index (χ0v) is 12.1. The molecule has 1 fully saturated rings. The third-order valence-corrected chi connectivity index (χ3v) is 3.82. The van der Waals surface area contributed by atoms with E-state index in [0.717, 1.165) is 31.4 Å². The second-order valence-corrected chi connectivity index (χ2v) is 5.42. The van der Waals surface area contributed by atoms with Crippen molar-refractivity contribution in [2.75, 3.05) is 11.9 Å². The van der Waals surface area contributed by atoms with Crippen LogP contribution in [-0.2, 0) is 9.53 Å². The van der Waals surface area contributed by atoms with Gasteiger partial charge in [-0.3, -0.25) is 4.79 Å². The number of ether oxygens (including phenoxy) is 1. The molecule has 2 atom stereocenters. The first-order chi connectivity index (χ1) is 9.60. The third kappa shape index (κ3) is 3.71. The predicted octanol–water partition coefficient (Wildman–Crippen LogP) is 3.67. The highest BCUT2D eigenvalue weighted by Crippen LogP contribution is 2.28. The zero-order valence-electron chi connectivity index (χ0n) is 12.1. The van der Waals surface area contributed by atoms with Crippen LogP contribution in [0.4, 0.5) is 10.1 Å². The molecule has 20 heavy (non-hydrogen) atoms. The summed E-state index contributed by atoms with van der Waals surface area (Å²) in [7, 11) is 0. The topological polar surface area (TPSA) is 38.3 Å². The van der Waals surface area contributed by atoms with Crippen LogP contribution in [0.5, 0.6) is 0 Å². The molecule has 0 saturated heterocycles. The minimum absolute atomic E-state index is 0.0113. The van der Waals surface area contributed by atoms with E-state index in [2.05, 4.69) is 5.32 Å². The molecular formula is C16H22FNO2. The number of nitrogens with one attached hydrogen (secondary N) is 1. The van der Waals surface area contributed by atoms with Gasteiger partial charge < -0.3 is 10.1 Å². The van der Waals surface area contributed by atoms with Gasteiger partial charge in [-0.05, 0) is 56.9 Å². The molecule has 0 spiro atoms. The minimum Gasteiger partial charge on any atom is -0.466 e. The third-order valence-electron chi connectivity index (χ3n) is 3.82. The van der Waals surface area contributed by atoms with Crippen LogP contribution < -0.4 is 5.32 Å². The molecule has 0 amide bonds. The molecule has 1 N–H and O–H groups in total. The molecule has 4 heteroatoms. The van der Waals surface area contributed by atoms with E-state index in [1.807, 2.05) is 13.0 Å². The number of aryl methyl sites for hydroxylation is 1. The van der Waals surface area contributed by atoms with Gasteiger partial charge in [0.25, 0.3) is 0 Å². The van der Waals surface area contributed by atoms with Crippen molar-refractivity contribution in [2.45, 2.75) is 45.6 Å². The maximum Gasteiger partial charge on any atom is 0.308 e. The molecule has 0 heterocycles. The standard InChI is InChI=1S/C16H22FNO2/c1-3-20-16(19)12-5-4-6-13(10-12)18-14-7-8-15(17)11(2)9-14/h7-9,12-13,18H,3-6,10H2,1-2H3. The fraction of sp³-hybridized carbons (Fsp3) is 0.562. The molecule has 0 bridgehead atoms. The summed E-state index contributed by atoms with van der Waals surface area (Å²) in [4.78, 5) is 11.8. The Morgan fingerprint density at radius 2 is 2.25 bits per heavy atom. The molecule has 2 unspecified atom stereocenters. The quantitative estimate of drug-likeness (QED) is 0.855. The van der Waals surface area contributed by atoms with Crippen LogP contribution in [0.1, 0.15) is 38.2 Å². The first-order valence-electron chi connectivity index (χ1n) is 7.29. The van der Waals surface area contributed by atoms with Crippen molar-refractivity contribution < 1.29 is 13.9 Å². The van der Waals surface area contributed by atoms with Crippen molar-refractivity contribution >= 4 is 11.7 Å². The van der Waals surface area contributed by atoms with Crippen LogP contribution >= 0.6 is 0 Å². The van der Waals surface area contributed by atoms with Gasteiger partial charge in [-0.25, -0.2) is 4.39 Å². The SMILES string of the molecule is CCOC(=O)C1CCCC(Nc2ccc(F)c(C)c2)C1. The van der Waals surface area contributed by atoms with Crippen LogP contribution in [0.2, 0.25) is 0 Å². The van der Waals surface area contributed by atoms with Crippen molar-refractivity contribution in [2.24, 2.45) is 5.92 Å². The summed E-state index contributed by atoms with van der Waals surface area (Å²) in [5.74, 6) is -0.291. The van der Waals surface area contributed by atoms with Crippen molar-refractivity contribution in [1.29, 1.82) is 0 Å². The Bertz CT molecular complexity index is 476. The number of esters is 1. The number of carbonyl (C=O) groups is 1. The monoisotopic (exact) mass is 279 g/mol. The van der Waals surface area contributed by atoms with E-state index in [4.69, 9.17) is 4.74 Å². The van der Waals surface area contributed by atoms with Crippen LogP contribution in [0, 0.1) is 18.7 Å². The van der Waals surface area contributed by atoms with Gasteiger partial charge in [-0.1, -0.05) is 6.42 Å². The first kappa shape index (κ1) is 14.8. The van der Waals surface area contributed by atoms with Gasteiger partial charge in [0, 0.05) is 11.7 Å². The Kier molecular flexibility index (Phi) is 4.99. The van der Waals surface area contributed by atoms with E-state index < -0.39 is 0 Å². The lowest BCUT2D eigenvalue weighted by atomic mass is 9.85. The average Bonchev–Trinajstić information content (AvgIpc) is 2.43. The molecule has 0 aliphatic heterocycles. The highest BCUT2D eigenvalue weighted by molar-refractivity contribution is 5.72. The number of hydrogen-bond acceptors (Lipinski definition) is 3. The van der Waals surface area contributed by atoms with Crippen LogP contribution in [0.3, 0.4) is 0 Å². The molecule has 110 valence electrons. The summed E-state index contributed by atoms with van der Waals surface area (Å²) in [6.07, 6.45) is 3.74. The molecule has 1 aliphatic rings. The van der Waals surface area contributed by atoms with E-state index in [1.54, 1.807) is 13.0 Å². The zero-order chi connectivity index (χ0) is 14.5.